The third kappa shape index (κ3) is 3.45. The maximum absolute atomic E-state index is 11.9. The molecule has 0 N–H and O–H groups in total. The van der Waals surface area contributed by atoms with Crippen LogP contribution in [0.15, 0.2) is 35.5 Å². The molecule has 0 saturated carbocycles. The molecule has 2 rings (SSSR count). The molecule has 1 aromatic heterocycles. The molecule has 1 aliphatic rings. The van der Waals surface area contributed by atoms with Gasteiger partial charge in [-0.2, -0.15) is 0 Å². The predicted octanol–water partition coefficient (Wildman–Crippen LogP) is 3.38. The second-order valence-electron chi connectivity index (χ2n) is 4.87. The molecule has 0 saturated heterocycles. The minimum absolute atomic E-state index is 0.221. The average molecular weight is 275 g/mol. The summed E-state index contributed by atoms with van der Waals surface area (Å²) in [6.07, 6.45) is 4.70. The third-order valence-corrected chi connectivity index (χ3v) is 3.26. The fraction of sp³-hybridized carbons (Fsp3) is 0.500. The van der Waals surface area contributed by atoms with Crippen molar-refractivity contribution in [3.8, 4) is 0 Å². The number of cyclic esters (lactones) is 1. The highest BCUT2D eigenvalue weighted by Gasteiger charge is 2.33. The van der Waals surface area contributed by atoms with Gasteiger partial charge in [-0.25, -0.2) is 4.79 Å². The number of hydrogen-bond donors (Lipinski definition) is 0. The van der Waals surface area contributed by atoms with Crippen LogP contribution in [0, 0.1) is 0 Å². The van der Waals surface area contributed by atoms with E-state index in [0.29, 0.717) is 6.61 Å². The van der Waals surface area contributed by atoms with E-state index in [0.717, 1.165) is 42.5 Å². The zero-order valence-corrected chi connectivity index (χ0v) is 12.1. The van der Waals surface area contributed by atoms with Gasteiger partial charge in [-0.1, -0.05) is 32.8 Å². The van der Waals surface area contributed by atoms with Gasteiger partial charge in [0.2, 0.25) is 6.29 Å². The van der Waals surface area contributed by atoms with Gasteiger partial charge in [-0.15, -0.1) is 0 Å². The third-order valence-electron chi connectivity index (χ3n) is 3.26. The Hall–Kier alpha value is -1.68. The van der Waals surface area contributed by atoms with Gasteiger partial charge < -0.3 is 9.47 Å². The van der Waals surface area contributed by atoms with E-state index in [9.17, 15) is 4.79 Å². The van der Waals surface area contributed by atoms with E-state index in [1.807, 2.05) is 18.2 Å². The van der Waals surface area contributed by atoms with E-state index in [2.05, 4.69) is 18.8 Å². The van der Waals surface area contributed by atoms with Crippen molar-refractivity contribution in [2.24, 2.45) is 0 Å². The molecular weight excluding hydrogens is 254 g/mol. The Morgan fingerprint density at radius 1 is 1.25 bits per heavy atom. The van der Waals surface area contributed by atoms with Crippen LogP contribution in [0.25, 0.3) is 0 Å². The number of nitrogens with zero attached hydrogens (tertiary/aromatic N) is 1. The van der Waals surface area contributed by atoms with Gasteiger partial charge in [-0.3, -0.25) is 4.98 Å². The van der Waals surface area contributed by atoms with E-state index < -0.39 is 6.29 Å². The van der Waals surface area contributed by atoms with E-state index in [4.69, 9.17) is 9.47 Å². The Kier molecular flexibility index (Phi) is 5.30. The zero-order chi connectivity index (χ0) is 14.4. The molecule has 0 aromatic carbocycles. The SMILES string of the molecule is CCCC1=C(CCC)C(OCc2ccccn2)OC1=O. The lowest BCUT2D eigenvalue weighted by Crippen LogP contribution is -2.16. The van der Waals surface area contributed by atoms with E-state index in [1.165, 1.54) is 0 Å². The molecule has 0 amide bonds. The van der Waals surface area contributed by atoms with Crippen molar-refractivity contribution in [3.05, 3.63) is 41.2 Å². The summed E-state index contributed by atoms with van der Waals surface area (Å²) in [6, 6.07) is 5.67. The van der Waals surface area contributed by atoms with Crippen LogP contribution in [0.1, 0.15) is 45.2 Å². The zero-order valence-electron chi connectivity index (χ0n) is 12.1. The molecule has 1 atom stereocenters. The summed E-state index contributed by atoms with van der Waals surface area (Å²) in [4.78, 5) is 16.1. The second-order valence-corrected chi connectivity index (χ2v) is 4.87. The fourth-order valence-electron chi connectivity index (χ4n) is 2.34. The Balaban J connectivity index is 2.05. The molecule has 1 aromatic rings. The fourth-order valence-corrected chi connectivity index (χ4v) is 2.34. The van der Waals surface area contributed by atoms with Crippen LogP contribution >= 0.6 is 0 Å². The molecule has 1 unspecified atom stereocenters. The van der Waals surface area contributed by atoms with Crippen molar-refractivity contribution < 1.29 is 14.3 Å². The number of esters is 1. The van der Waals surface area contributed by atoms with Crippen LogP contribution in [0.3, 0.4) is 0 Å². The largest absolute Gasteiger partial charge is 0.428 e. The van der Waals surface area contributed by atoms with Crippen LogP contribution in [-0.2, 0) is 20.9 Å². The van der Waals surface area contributed by atoms with Gasteiger partial charge in [0.05, 0.1) is 12.3 Å². The smallest absolute Gasteiger partial charge is 0.336 e. The molecule has 1 aliphatic heterocycles. The molecule has 2 heterocycles. The maximum Gasteiger partial charge on any atom is 0.336 e. The van der Waals surface area contributed by atoms with Crippen molar-refractivity contribution in [3.63, 3.8) is 0 Å². The molecule has 0 fully saturated rings. The van der Waals surface area contributed by atoms with Gasteiger partial charge in [0.15, 0.2) is 0 Å². The summed E-state index contributed by atoms with van der Waals surface area (Å²) in [7, 11) is 0. The van der Waals surface area contributed by atoms with Gasteiger partial charge in [0, 0.05) is 17.3 Å². The van der Waals surface area contributed by atoms with Crippen LogP contribution in [0.2, 0.25) is 0 Å². The first-order valence-corrected chi connectivity index (χ1v) is 7.20. The number of pyridine rings is 1. The monoisotopic (exact) mass is 275 g/mol. The van der Waals surface area contributed by atoms with Crippen molar-refractivity contribution in [1.29, 1.82) is 0 Å². The number of carbonyl (C=O) groups excluding carboxylic acids is 1. The summed E-state index contributed by atoms with van der Waals surface area (Å²) >= 11 is 0. The van der Waals surface area contributed by atoms with E-state index in [1.54, 1.807) is 6.20 Å². The first-order chi connectivity index (χ1) is 9.76. The summed E-state index contributed by atoms with van der Waals surface area (Å²) in [5.74, 6) is -0.221. The Morgan fingerprint density at radius 2 is 2.05 bits per heavy atom. The summed E-state index contributed by atoms with van der Waals surface area (Å²) < 4.78 is 11.1. The van der Waals surface area contributed by atoms with E-state index >= 15 is 0 Å². The van der Waals surface area contributed by atoms with Gasteiger partial charge >= 0.3 is 5.97 Å². The van der Waals surface area contributed by atoms with E-state index in [-0.39, 0.29) is 5.97 Å². The number of aromatic nitrogens is 1. The average Bonchev–Trinajstić information content (AvgIpc) is 2.76. The summed E-state index contributed by atoms with van der Waals surface area (Å²) in [5, 5.41) is 0. The molecule has 0 aliphatic carbocycles. The lowest BCUT2D eigenvalue weighted by atomic mass is 10.0. The second kappa shape index (κ2) is 7.20. The molecule has 4 heteroatoms. The molecular formula is C16H21NO3. The predicted molar refractivity (Wildman–Crippen MR) is 75.7 cm³/mol. The first kappa shape index (κ1) is 14.7. The van der Waals surface area contributed by atoms with Gasteiger partial charge in [0.25, 0.3) is 0 Å². The van der Waals surface area contributed by atoms with Crippen LogP contribution < -0.4 is 0 Å². The number of ether oxygens (including phenoxy) is 2. The minimum Gasteiger partial charge on any atom is -0.428 e. The number of rotatable bonds is 7. The standard InChI is InChI=1S/C16H21NO3/c1-3-7-13-14(8-4-2)16(20-15(13)18)19-11-12-9-5-6-10-17-12/h5-6,9-10,16H,3-4,7-8,11H2,1-2H3. The van der Waals surface area contributed by atoms with Crippen molar-refractivity contribution in [2.75, 3.05) is 0 Å². The number of hydrogen-bond acceptors (Lipinski definition) is 4. The minimum atomic E-state index is -0.536. The van der Waals surface area contributed by atoms with Crippen LogP contribution in [-0.4, -0.2) is 17.2 Å². The van der Waals surface area contributed by atoms with Crippen molar-refractivity contribution in [2.45, 2.75) is 52.4 Å². The first-order valence-electron chi connectivity index (χ1n) is 7.20. The highest BCUT2D eigenvalue weighted by atomic mass is 16.7. The molecule has 108 valence electrons. The molecule has 0 bridgehead atoms. The lowest BCUT2D eigenvalue weighted by Gasteiger charge is -2.14. The Morgan fingerprint density at radius 3 is 2.70 bits per heavy atom. The Labute approximate surface area is 119 Å². The molecule has 4 nitrogen and oxygen atoms in total. The van der Waals surface area contributed by atoms with Crippen molar-refractivity contribution in [1.82, 2.24) is 4.98 Å². The summed E-state index contributed by atoms with van der Waals surface area (Å²) in [6.45, 7) is 4.51. The van der Waals surface area contributed by atoms with Crippen LogP contribution in [0.5, 0.6) is 0 Å². The topological polar surface area (TPSA) is 48.4 Å². The van der Waals surface area contributed by atoms with Gasteiger partial charge in [0.1, 0.15) is 0 Å². The maximum atomic E-state index is 11.9. The van der Waals surface area contributed by atoms with Crippen LogP contribution in [0.4, 0.5) is 0 Å². The van der Waals surface area contributed by atoms with Crippen molar-refractivity contribution >= 4 is 5.97 Å². The molecule has 0 spiro atoms. The highest BCUT2D eigenvalue weighted by molar-refractivity contribution is 5.92. The number of carbonyl (C=O) groups is 1. The molecule has 0 radical (unpaired) electrons. The molecule has 20 heavy (non-hydrogen) atoms. The lowest BCUT2D eigenvalue weighted by molar-refractivity contribution is -0.162. The quantitative estimate of drug-likeness (QED) is 0.716. The normalized spacial score (nSPS) is 18.5. The highest BCUT2D eigenvalue weighted by Crippen LogP contribution is 2.30. The Bertz CT molecular complexity index is 482. The summed E-state index contributed by atoms with van der Waals surface area (Å²) in [5.41, 5.74) is 2.65. The van der Waals surface area contributed by atoms with Gasteiger partial charge in [-0.05, 0) is 25.0 Å².